The summed E-state index contributed by atoms with van der Waals surface area (Å²) in [4.78, 5) is 16.9. The zero-order valence-electron chi connectivity index (χ0n) is 16.0. The Morgan fingerprint density at radius 3 is 2.61 bits per heavy atom. The molecule has 0 saturated heterocycles. The summed E-state index contributed by atoms with van der Waals surface area (Å²) < 4.78 is 3.99. The number of amides is 1. The second-order valence-corrected chi connectivity index (χ2v) is 7.23. The third-order valence-corrected chi connectivity index (χ3v) is 5.42. The van der Waals surface area contributed by atoms with E-state index < -0.39 is 0 Å². The number of fused-ring (bicyclic) bond motifs is 1. The monoisotopic (exact) mass is 392 g/mol. The van der Waals surface area contributed by atoms with Crippen LogP contribution in [0.5, 0.6) is 0 Å². The predicted molar refractivity (Wildman–Crippen MR) is 112 cm³/mol. The van der Waals surface area contributed by atoms with E-state index in [0.717, 1.165) is 28.2 Å². The van der Waals surface area contributed by atoms with Gasteiger partial charge in [0.1, 0.15) is 0 Å². The number of benzene rings is 2. The molecule has 28 heavy (non-hydrogen) atoms. The summed E-state index contributed by atoms with van der Waals surface area (Å²) in [5.74, 6) is -0.131. The van der Waals surface area contributed by atoms with Crippen LogP contribution in [0.2, 0.25) is 5.28 Å². The van der Waals surface area contributed by atoms with Crippen molar-refractivity contribution in [2.75, 3.05) is 0 Å². The minimum atomic E-state index is -0.131. The molecule has 5 nitrogen and oxygen atoms in total. The minimum Gasteiger partial charge on any atom is -0.348 e. The number of rotatable bonds is 4. The van der Waals surface area contributed by atoms with E-state index >= 15 is 0 Å². The lowest BCUT2D eigenvalue weighted by Crippen LogP contribution is -2.23. The van der Waals surface area contributed by atoms with Crippen LogP contribution in [-0.4, -0.2) is 20.0 Å². The fraction of sp³-hybridized carbons (Fsp3) is 0.182. The maximum atomic E-state index is 12.6. The Balaban J connectivity index is 1.54. The van der Waals surface area contributed by atoms with Crippen molar-refractivity contribution in [2.45, 2.75) is 20.4 Å². The van der Waals surface area contributed by atoms with Gasteiger partial charge in [-0.05, 0) is 67.4 Å². The van der Waals surface area contributed by atoms with Crippen molar-refractivity contribution >= 4 is 28.5 Å². The Morgan fingerprint density at radius 2 is 1.86 bits per heavy atom. The van der Waals surface area contributed by atoms with E-state index in [-0.39, 0.29) is 5.91 Å². The number of nitrogens with zero attached hydrogens (tertiary/aromatic N) is 3. The van der Waals surface area contributed by atoms with Crippen LogP contribution in [0.25, 0.3) is 16.7 Å². The molecule has 6 heteroatoms. The predicted octanol–water partition coefficient (Wildman–Crippen LogP) is 4.56. The highest BCUT2D eigenvalue weighted by molar-refractivity contribution is 6.29. The summed E-state index contributed by atoms with van der Waals surface area (Å²) in [5, 5.41) is 3.42. The fourth-order valence-electron chi connectivity index (χ4n) is 3.57. The average molecular weight is 393 g/mol. The summed E-state index contributed by atoms with van der Waals surface area (Å²) in [5.41, 5.74) is 6.65. The van der Waals surface area contributed by atoms with Gasteiger partial charge in [0.2, 0.25) is 5.28 Å². The first kappa shape index (κ1) is 18.3. The van der Waals surface area contributed by atoms with Crippen LogP contribution < -0.4 is 5.32 Å². The number of aryl methyl sites for hydroxylation is 2. The number of nitrogens with one attached hydrogen (secondary N) is 1. The highest BCUT2D eigenvalue weighted by Gasteiger charge is 2.14. The third kappa shape index (κ3) is 3.18. The van der Waals surface area contributed by atoms with Crippen LogP contribution in [-0.2, 0) is 13.6 Å². The standard InChI is InChI=1S/C22H21ClN4O/c1-14-11-17(15(2)27(14)18-7-5-4-6-8-18)13-24-21(28)16-9-10-20-19(12-16)25-22(23)26(20)3/h4-12H,13H2,1-3H3,(H,24,28). The lowest BCUT2D eigenvalue weighted by atomic mass is 10.1. The average Bonchev–Trinajstić information content (AvgIpc) is 3.15. The second kappa shape index (κ2) is 7.17. The van der Waals surface area contributed by atoms with Gasteiger partial charge in [-0.15, -0.1) is 0 Å². The number of hydrogen-bond donors (Lipinski definition) is 1. The molecular weight excluding hydrogens is 372 g/mol. The summed E-state index contributed by atoms with van der Waals surface area (Å²) in [6.07, 6.45) is 0. The smallest absolute Gasteiger partial charge is 0.251 e. The molecule has 1 N–H and O–H groups in total. The molecule has 0 spiro atoms. The molecule has 2 aromatic heterocycles. The molecule has 0 bridgehead atoms. The molecule has 0 aliphatic rings. The highest BCUT2D eigenvalue weighted by Crippen LogP contribution is 2.22. The zero-order valence-corrected chi connectivity index (χ0v) is 16.8. The molecule has 142 valence electrons. The Hall–Kier alpha value is -3.05. The summed E-state index contributed by atoms with van der Waals surface area (Å²) in [7, 11) is 1.85. The molecule has 0 aliphatic carbocycles. The normalized spacial score (nSPS) is 11.1. The van der Waals surface area contributed by atoms with Gasteiger partial charge < -0.3 is 14.5 Å². The lowest BCUT2D eigenvalue weighted by molar-refractivity contribution is 0.0951. The Labute approximate surface area is 168 Å². The van der Waals surface area contributed by atoms with Gasteiger partial charge in [0, 0.05) is 36.2 Å². The molecule has 2 heterocycles. The molecule has 4 aromatic rings. The van der Waals surface area contributed by atoms with E-state index in [9.17, 15) is 4.79 Å². The van der Waals surface area contributed by atoms with Crippen molar-refractivity contribution in [3.63, 3.8) is 0 Å². The number of aromatic nitrogens is 3. The summed E-state index contributed by atoms with van der Waals surface area (Å²) in [6, 6.07) is 17.8. The fourth-order valence-corrected chi connectivity index (χ4v) is 3.75. The number of carbonyl (C=O) groups is 1. The molecule has 0 unspecified atom stereocenters. The van der Waals surface area contributed by atoms with Gasteiger partial charge in [-0.2, -0.15) is 0 Å². The number of carbonyl (C=O) groups excluding carboxylic acids is 1. The number of halogens is 1. The van der Waals surface area contributed by atoms with Gasteiger partial charge >= 0.3 is 0 Å². The minimum absolute atomic E-state index is 0.131. The number of imidazole rings is 1. The molecule has 1 amide bonds. The van der Waals surface area contributed by atoms with E-state index in [1.54, 1.807) is 16.7 Å². The summed E-state index contributed by atoms with van der Waals surface area (Å²) >= 11 is 6.06. The number of para-hydroxylation sites is 1. The van der Waals surface area contributed by atoms with Crippen molar-refractivity contribution in [2.24, 2.45) is 7.05 Å². The van der Waals surface area contributed by atoms with Crippen molar-refractivity contribution in [3.05, 3.63) is 82.4 Å². The van der Waals surface area contributed by atoms with Crippen LogP contribution in [0, 0.1) is 13.8 Å². The Kier molecular flexibility index (Phi) is 4.69. The van der Waals surface area contributed by atoms with E-state index in [2.05, 4.69) is 46.9 Å². The molecule has 2 aromatic carbocycles. The third-order valence-electron chi connectivity index (χ3n) is 5.08. The molecule has 0 saturated carbocycles. The van der Waals surface area contributed by atoms with E-state index in [0.29, 0.717) is 22.9 Å². The molecule has 4 rings (SSSR count). The van der Waals surface area contributed by atoms with Gasteiger partial charge in [0.25, 0.3) is 5.91 Å². The largest absolute Gasteiger partial charge is 0.348 e. The summed E-state index contributed by atoms with van der Waals surface area (Å²) in [6.45, 7) is 4.61. The van der Waals surface area contributed by atoms with Gasteiger partial charge in [0.05, 0.1) is 11.0 Å². The maximum absolute atomic E-state index is 12.6. The van der Waals surface area contributed by atoms with Gasteiger partial charge in [-0.3, -0.25) is 4.79 Å². The van der Waals surface area contributed by atoms with Gasteiger partial charge in [0.15, 0.2) is 0 Å². The van der Waals surface area contributed by atoms with Crippen molar-refractivity contribution < 1.29 is 4.79 Å². The quantitative estimate of drug-likeness (QED) is 0.553. The highest BCUT2D eigenvalue weighted by atomic mass is 35.5. The Morgan fingerprint density at radius 1 is 1.11 bits per heavy atom. The first-order valence-electron chi connectivity index (χ1n) is 9.09. The molecule has 0 radical (unpaired) electrons. The number of hydrogen-bond acceptors (Lipinski definition) is 2. The van der Waals surface area contributed by atoms with Crippen molar-refractivity contribution in [3.8, 4) is 5.69 Å². The van der Waals surface area contributed by atoms with E-state index in [1.807, 2.05) is 31.3 Å². The van der Waals surface area contributed by atoms with Gasteiger partial charge in [-0.25, -0.2) is 4.98 Å². The van der Waals surface area contributed by atoms with Crippen LogP contribution in [0.15, 0.2) is 54.6 Å². The van der Waals surface area contributed by atoms with Crippen LogP contribution in [0.4, 0.5) is 0 Å². The molecule has 0 atom stereocenters. The first-order valence-corrected chi connectivity index (χ1v) is 9.47. The van der Waals surface area contributed by atoms with Crippen molar-refractivity contribution in [1.82, 2.24) is 19.4 Å². The van der Waals surface area contributed by atoms with Crippen LogP contribution in [0.1, 0.15) is 27.3 Å². The molecular formula is C22H21ClN4O. The van der Waals surface area contributed by atoms with Crippen LogP contribution >= 0.6 is 11.6 Å². The van der Waals surface area contributed by atoms with Crippen molar-refractivity contribution in [1.29, 1.82) is 0 Å². The molecule has 0 fully saturated rings. The van der Waals surface area contributed by atoms with E-state index in [1.165, 1.54) is 0 Å². The first-order chi connectivity index (χ1) is 13.5. The lowest BCUT2D eigenvalue weighted by Gasteiger charge is -2.10. The SMILES string of the molecule is Cc1cc(CNC(=O)c2ccc3c(c2)nc(Cl)n3C)c(C)n1-c1ccccc1. The van der Waals surface area contributed by atoms with Crippen LogP contribution in [0.3, 0.4) is 0 Å². The van der Waals surface area contributed by atoms with E-state index in [4.69, 9.17) is 11.6 Å². The zero-order chi connectivity index (χ0) is 19.8. The maximum Gasteiger partial charge on any atom is 0.251 e. The molecule has 0 aliphatic heterocycles. The Bertz CT molecular complexity index is 1170. The topological polar surface area (TPSA) is 51.9 Å². The van der Waals surface area contributed by atoms with Gasteiger partial charge in [-0.1, -0.05) is 18.2 Å². The second-order valence-electron chi connectivity index (χ2n) is 6.89.